The fraction of sp³-hybridized carbons (Fsp3) is 0.348. The zero-order valence-corrected chi connectivity index (χ0v) is 16.6. The summed E-state index contributed by atoms with van der Waals surface area (Å²) in [6.45, 7) is 4.24. The van der Waals surface area contributed by atoms with Gasteiger partial charge in [-0.1, -0.05) is 11.8 Å². The molecule has 1 aliphatic rings. The van der Waals surface area contributed by atoms with Gasteiger partial charge in [-0.3, -0.25) is 4.90 Å². The summed E-state index contributed by atoms with van der Waals surface area (Å²) in [4.78, 5) is 10.5. The fourth-order valence-corrected chi connectivity index (χ4v) is 3.56. The number of benzene rings is 1. The Labute approximate surface area is 170 Å². The molecular formula is C23H25N3O3. The van der Waals surface area contributed by atoms with E-state index in [1.54, 1.807) is 13.3 Å². The van der Waals surface area contributed by atoms with Crippen molar-refractivity contribution in [2.45, 2.75) is 13.0 Å². The molecule has 2 N–H and O–H groups in total. The van der Waals surface area contributed by atoms with Crippen LogP contribution < -0.4 is 4.74 Å². The molecule has 0 amide bonds. The minimum absolute atomic E-state index is 0.0662. The molecule has 6 heteroatoms. The third-order valence-electron chi connectivity index (χ3n) is 5.09. The minimum Gasteiger partial charge on any atom is -0.497 e. The van der Waals surface area contributed by atoms with E-state index in [0.29, 0.717) is 6.42 Å². The maximum Gasteiger partial charge on any atom is 0.138 e. The molecule has 3 aromatic rings. The average Bonchev–Trinajstić information content (AvgIpc) is 3.12. The van der Waals surface area contributed by atoms with E-state index in [4.69, 9.17) is 14.6 Å². The first-order chi connectivity index (χ1) is 14.3. The first-order valence-corrected chi connectivity index (χ1v) is 9.83. The Kier molecular flexibility index (Phi) is 6.11. The van der Waals surface area contributed by atoms with Crippen LogP contribution >= 0.6 is 0 Å². The largest absolute Gasteiger partial charge is 0.497 e. The van der Waals surface area contributed by atoms with Crippen LogP contribution in [0, 0.1) is 11.8 Å². The lowest BCUT2D eigenvalue weighted by Gasteiger charge is -2.26. The molecular weight excluding hydrogens is 366 g/mol. The molecule has 1 aliphatic heterocycles. The van der Waals surface area contributed by atoms with E-state index in [1.165, 1.54) is 5.56 Å². The number of fused-ring (bicyclic) bond motifs is 1. The van der Waals surface area contributed by atoms with Crippen LogP contribution in [0.15, 0.2) is 36.5 Å². The molecule has 0 atom stereocenters. The van der Waals surface area contributed by atoms with E-state index in [2.05, 4.69) is 44.9 Å². The van der Waals surface area contributed by atoms with Crippen LogP contribution in [0.1, 0.15) is 17.5 Å². The molecule has 0 bridgehead atoms. The van der Waals surface area contributed by atoms with Gasteiger partial charge >= 0.3 is 0 Å². The highest BCUT2D eigenvalue weighted by Crippen LogP contribution is 2.32. The predicted octanol–water partition coefficient (Wildman–Crippen LogP) is 2.80. The van der Waals surface area contributed by atoms with Gasteiger partial charge in [-0.2, -0.15) is 0 Å². The van der Waals surface area contributed by atoms with Gasteiger partial charge in [-0.15, -0.1) is 0 Å². The monoisotopic (exact) mass is 391 g/mol. The van der Waals surface area contributed by atoms with Crippen molar-refractivity contribution in [1.82, 2.24) is 14.9 Å². The van der Waals surface area contributed by atoms with Crippen molar-refractivity contribution in [3.63, 3.8) is 0 Å². The molecule has 0 unspecified atom stereocenters. The Morgan fingerprint density at radius 3 is 2.76 bits per heavy atom. The van der Waals surface area contributed by atoms with Crippen LogP contribution in [-0.4, -0.2) is 60.0 Å². The summed E-state index contributed by atoms with van der Waals surface area (Å²) in [6, 6.07) is 10.2. The van der Waals surface area contributed by atoms with Gasteiger partial charge < -0.3 is 19.6 Å². The first-order valence-electron chi connectivity index (χ1n) is 9.83. The van der Waals surface area contributed by atoms with E-state index >= 15 is 0 Å². The van der Waals surface area contributed by atoms with Crippen LogP contribution in [0.25, 0.3) is 22.3 Å². The minimum atomic E-state index is 0.0662. The summed E-state index contributed by atoms with van der Waals surface area (Å²) in [5.74, 6) is 6.91. The van der Waals surface area contributed by atoms with Crippen molar-refractivity contribution in [1.29, 1.82) is 0 Å². The Morgan fingerprint density at radius 1 is 1.24 bits per heavy atom. The van der Waals surface area contributed by atoms with Gasteiger partial charge in [0.2, 0.25) is 0 Å². The number of morpholine rings is 1. The normalized spacial score (nSPS) is 14.6. The number of pyridine rings is 1. The van der Waals surface area contributed by atoms with Crippen molar-refractivity contribution in [3.05, 3.63) is 47.7 Å². The Morgan fingerprint density at radius 2 is 2.03 bits per heavy atom. The molecule has 0 aliphatic carbocycles. The van der Waals surface area contributed by atoms with Crippen molar-refractivity contribution >= 4 is 11.0 Å². The van der Waals surface area contributed by atoms with Gasteiger partial charge in [0.1, 0.15) is 11.4 Å². The van der Waals surface area contributed by atoms with Gasteiger partial charge in [-0.05, 0) is 35.9 Å². The molecule has 1 fully saturated rings. The number of aromatic nitrogens is 2. The van der Waals surface area contributed by atoms with E-state index < -0.39 is 0 Å². The Balaban J connectivity index is 1.77. The van der Waals surface area contributed by atoms with Gasteiger partial charge in [0, 0.05) is 48.8 Å². The molecule has 2 aromatic heterocycles. The summed E-state index contributed by atoms with van der Waals surface area (Å²) in [6.07, 6.45) is 2.24. The Hall–Kier alpha value is -2.85. The van der Waals surface area contributed by atoms with Crippen molar-refractivity contribution < 1.29 is 14.6 Å². The smallest absolute Gasteiger partial charge is 0.138 e. The molecule has 0 spiro atoms. The number of ether oxygens (including phenoxy) is 2. The zero-order valence-electron chi connectivity index (χ0n) is 16.6. The third-order valence-corrected chi connectivity index (χ3v) is 5.09. The fourth-order valence-electron chi connectivity index (χ4n) is 3.56. The summed E-state index contributed by atoms with van der Waals surface area (Å²) in [7, 11) is 1.67. The second-order valence-electron chi connectivity index (χ2n) is 6.99. The van der Waals surface area contributed by atoms with E-state index in [1.807, 2.05) is 12.1 Å². The highest BCUT2D eigenvalue weighted by atomic mass is 16.5. The zero-order chi connectivity index (χ0) is 20.1. The predicted molar refractivity (Wildman–Crippen MR) is 113 cm³/mol. The molecule has 6 nitrogen and oxygen atoms in total. The number of aliphatic hydroxyl groups excluding tert-OH is 1. The average molecular weight is 391 g/mol. The first kappa shape index (κ1) is 19.5. The lowest BCUT2D eigenvalue weighted by Crippen LogP contribution is -2.35. The van der Waals surface area contributed by atoms with Crippen molar-refractivity contribution in [2.24, 2.45) is 0 Å². The summed E-state index contributed by atoms with van der Waals surface area (Å²) >= 11 is 0. The highest BCUT2D eigenvalue weighted by Gasteiger charge is 2.19. The van der Waals surface area contributed by atoms with Gasteiger partial charge in [0.15, 0.2) is 0 Å². The molecule has 4 rings (SSSR count). The van der Waals surface area contributed by atoms with Gasteiger partial charge in [0.05, 0.1) is 32.6 Å². The number of hydrogen-bond donors (Lipinski definition) is 2. The quantitative estimate of drug-likeness (QED) is 0.655. The molecule has 3 heterocycles. The number of rotatable bonds is 5. The molecule has 29 heavy (non-hydrogen) atoms. The van der Waals surface area contributed by atoms with Crippen LogP contribution in [0.3, 0.4) is 0 Å². The van der Waals surface area contributed by atoms with Crippen LogP contribution in [0.4, 0.5) is 0 Å². The number of hydrogen-bond acceptors (Lipinski definition) is 5. The number of aromatic amines is 1. The number of methoxy groups -OCH3 is 1. The van der Waals surface area contributed by atoms with E-state index in [-0.39, 0.29) is 6.61 Å². The Bertz CT molecular complexity index is 1030. The maximum absolute atomic E-state index is 8.96. The molecule has 0 radical (unpaired) electrons. The summed E-state index contributed by atoms with van der Waals surface area (Å²) in [5, 5.41) is 10.0. The van der Waals surface area contributed by atoms with E-state index in [9.17, 15) is 0 Å². The topological polar surface area (TPSA) is 70.6 Å². The summed E-state index contributed by atoms with van der Waals surface area (Å²) < 4.78 is 10.8. The molecule has 1 aromatic carbocycles. The molecule has 0 saturated carbocycles. The van der Waals surface area contributed by atoms with Crippen LogP contribution in [0.2, 0.25) is 0 Å². The van der Waals surface area contributed by atoms with Crippen LogP contribution in [-0.2, 0) is 11.3 Å². The van der Waals surface area contributed by atoms with Crippen LogP contribution in [0.5, 0.6) is 5.75 Å². The molecule has 150 valence electrons. The van der Waals surface area contributed by atoms with Crippen molar-refractivity contribution in [2.75, 3.05) is 40.0 Å². The van der Waals surface area contributed by atoms with E-state index in [0.717, 1.165) is 66.5 Å². The highest BCUT2D eigenvalue weighted by molar-refractivity contribution is 5.89. The van der Waals surface area contributed by atoms with Crippen molar-refractivity contribution in [3.8, 4) is 28.8 Å². The number of H-pyrrole nitrogens is 1. The lowest BCUT2D eigenvalue weighted by atomic mass is 10.0. The van der Waals surface area contributed by atoms with Gasteiger partial charge in [-0.25, -0.2) is 4.98 Å². The second-order valence-corrected chi connectivity index (χ2v) is 6.99. The standard InChI is InChI=1S/C23H25N3O3/c1-28-19-7-5-18(6-8-19)22-21(16-26-9-12-29-13-10-26)20-14-17(4-2-3-11-27)15-24-23(20)25-22/h5-8,14-15,27H,3,9-13,16H2,1H3,(H,24,25). The lowest BCUT2D eigenvalue weighted by molar-refractivity contribution is 0.0344. The third kappa shape index (κ3) is 4.43. The maximum atomic E-state index is 8.96. The number of nitrogens with one attached hydrogen (secondary N) is 1. The molecule has 1 saturated heterocycles. The SMILES string of the molecule is COc1ccc(-c2[nH]c3ncc(C#CCCO)cc3c2CN2CCOCC2)cc1. The van der Waals surface area contributed by atoms with Gasteiger partial charge in [0.25, 0.3) is 0 Å². The number of aliphatic hydroxyl groups is 1. The summed E-state index contributed by atoms with van der Waals surface area (Å²) in [5.41, 5.74) is 5.09. The number of nitrogens with zero attached hydrogens (tertiary/aromatic N) is 2. The second kappa shape index (κ2) is 9.10.